The molecule has 0 radical (unpaired) electrons. The van der Waals surface area contributed by atoms with Crippen LogP contribution in [-0.2, 0) is 23.8 Å². The number of hydrogen-bond acceptors (Lipinski definition) is 7. The Kier molecular flexibility index (Phi) is 7.96. The Morgan fingerprint density at radius 2 is 1.57 bits per heavy atom. The van der Waals surface area contributed by atoms with Crippen LogP contribution in [0.25, 0.3) is 0 Å². The van der Waals surface area contributed by atoms with Crippen LogP contribution < -0.4 is 0 Å². The van der Waals surface area contributed by atoms with Crippen LogP contribution in [0.5, 0.6) is 0 Å². The number of carbonyl (C=O) groups is 2. The summed E-state index contributed by atoms with van der Waals surface area (Å²) in [5, 5.41) is 0. The summed E-state index contributed by atoms with van der Waals surface area (Å²) in [6.45, 7) is 2.17. The van der Waals surface area contributed by atoms with Gasteiger partial charge in [-0.25, -0.2) is 9.59 Å². The summed E-state index contributed by atoms with van der Waals surface area (Å²) < 4.78 is 15.0. The summed E-state index contributed by atoms with van der Waals surface area (Å²) in [7, 11) is 9.42. The van der Waals surface area contributed by atoms with E-state index in [1.54, 1.807) is 44.9 Å². The summed E-state index contributed by atoms with van der Waals surface area (Å²) in [6, 6.07) is 0. The average molecular weight is 300 g/mol. The Balaban J connectivity index is 6.20. The van der Waals surface area contributed by atoms with E-state index in [4.69, 9.17) is 9.47 Å². The highest BCUT2D eigenvalue weighted by Gasteiger charge is 2.26. The maximum atomic E-state index is 12.1. The molecule has 0 saturated heterocycles. The molecule has 0 aromatic rings. The second-order valence-electron chi connectivity index (χ2n) is 4.45. The van der Waals surface area contributed by atoms with Crippen LogP contribution in [0.3, 0.4) is 0 Å². The van der Waals surface area contributed by atoms with Gasteiger partial charge < -0.3 is 24.0 Å². The van der Waals surface area contributed by atoms with Gasteiger partial charge in [-0.1, -0.05) is 0 Å². The lowest BCUT2D eigenvalue weighted by atomic mass is 10.1. The highest BCUT2D eigenvalue weighted by Crippen LogP contribution is 2.21. The van der Waals surface area contributed by atoms with Gasteiger partial charge >= 0.3 is 11.9 Å². The molecule has 120 valence electrons. The maximum absolute atomic E-state index is 12.1. The molecule has 0 saturated carbocycles. The quantitative estimate of drug-likeness (QED) is 0.295. The fraction of sp³-hybridized carbons (Fsp3) is 0.571. The van der Waals surface area contributed by atoms with Gasteiger partial charge in [0.1, 0.15) is 5.57 Å². The van der Waals surface area contributed by atoms with Crippen molar-refractivity contribution in [3.63, 3.8) is 0 Å². The van der Waals surface area contributed by atoms with E-state index in [1.807, 2.05) is 0 Å². The molecule has 0 amide bonds. The molecule has 0 aromatic carbocycles. The van der Waals surface area contributed by atoms with Crippen molar-refractivity contribution in [3.05, 3.63) is 23.2 Å². The molecule has 7 nitrogen and oxygen atoms in total. The number of nitrogens with zero attached hydrogens (tertiary/aromatic N) is 2. The van der Waals surface area contributed by atoms with Crippen molar-refractivity contribution in [2.24, 2.45) is 0 Å². The van der Waals surface area contributed by atoms with Crippen LogP contribution in [0.2, 0.25) is 0 Å². The summed E-state index contributed by atoms with van der Waals surface area (Å²) in [6.07, 6.45) is 1.22. The minimum Gasteiger partial charge on any atom is -0.479 e. The number of methoxy groups -OCH3 is 2. The molecule has 7 heteroatoms. The predicted molar refractivity (Wildman–Crippen MR) is 78.1 cm³/mol. The zero-order valence-electron chi connectivity index (χ0n) is 13.7. The Bertz CT molecular complexity index is 439. The Morgan fingerprint density at radius 3 is 1.90 bits per heavy atom. The third-order valence-electron chi connectivity index (χ3n) is 2.48. The second kappa shape index (κ2) is 8.89. The number of ether oxygens (including phenoxy) is 3. The number of carbonyl (C=O) groups excluding carboxylic acids is 2. The number of esters is 2. The summed E-state index contributed by atoms with van der Waals surface area (Å²) >= 11 is 0. The first-order valence-corrected chi connectivity index (χ1v) is 6.40. The van der Waals surface area contributed by atoms with Gasteiger partial charge in [-0.2, -0.15) is 0 Å². The first-order chi connectivity index (χ1) is 9.79. The van der Waals surface area contributed by atoms with Gasteiger partial charge in [0.05, 0.1) is 26.5 Å². The van der Waals surface area contributed by atoms with Gasteiger partial charge in [-0.15, -0.1) is 0 Å². The zero-order chi connectivity index (χ0) is 16.6. The minimum atomic E-state index is -0.601. The lowest BCUT2D eigenvalue weighted by molar-refractivity contribution is -0.136. The predicted octanol–water partition coefficient (Wildman–Crippen LogP) is 0.588. The highest BCUT2D eigenvalue weighted by molar-refractivity contribution is 5.96. The van der Waals surface area contributed by atoms with Crippen LogP contribution in [0.15, 0.2) is 23.2 Å². The van der Waals surface area contributed by atoms with Crippen LogP contribution in [0, 0.1) is 0 Å². The molecule has 0 spiro atoms. The van der Waals surface area contributed by atoms with Crippen molar-refractivity contribution >= 4 is 11.9 Å². The standard InChI is InChI=1S/C14H24N2O5/c1-8-21-13(16(4)5)12(14(18)20-7)10(15(2)3)9-11(17)19-6/h9H,8H2,1-7H3/b10-9+,13-12-. The molecule has 21 heavy (non-hydrogen) atoms. The zero-order valence-corrected chi connectivity index (χ0v) is 13.7. The molecule has 0 aromatic heterocycles. The van der Waals surface area contributed by atoms with Crippen LogP contribution in [0.1, 0.15) is 6.92 Å². The lowest BCUT2D eigenvalue weighted by Gasteiger charge is -2.25. The van der Waals surface area contributed by atoms with Gasteiger partial charge in [0.25, 0.3) is 0 Å². The molecule has 0 aliphatic heterocycles. The molecule has 0 aliphatic carbocycles. The number of rotatable bonds is 7. The summed E-state index contributed by atoms with van der Waals surface area (Å²) in [4.78, 5) is 26.9. The molecular weight excluding hydrogens is 276 g/mol. The van der Waals surface area contributed by atoms with Crippen molar-refractivity contribution in [1.29, 1.82) is 0 Å². The van der Waals surface area contributed by atoms with E-state index in [2.05, 4.69) is 4.74 Å². The second-order valence-corrected chi connectivity index (χ2v) is 4.45. The Labute approximate surface area is 125 Å². The third kappa shape index (κ3) is 5.37. The smallest absolute Gasteiger partial charge is 0.345 e. The van der Waals surface area contributed by atoms with Crippen LogP contribution in [-0.4, -0.2) is 70.8 Å². The Morgan fingerprint density at radius 1 is 1.00 bits per heavy atom. The molecule has 0 aliphatic rings. The minimum absolute atomic E-state index is 0.153. The van der Waals surface area contributed by atoms with E-state index in [-0.39, 0.29) is 5.57 Å². The molecular formula is C14H24N2O5. The van der Waals surface area contributed by atoms with Crippen molar-refractivity contribution in [2.75, 3.05) is 49.0 Å². The molecule has 0 rings (SSSR count). The van der Waals surface area contributed by atoms with Crippen molar-refractivity contribution < 1.29 is 23.8 Å². The van der Waals surface area contributed by atoms with E-state index in [1.165, 1.54) is 20.3 Å². The fourth-order valence-corrected chi connectivity index (χ4v) is 1.56. The van der Waals surface area contributed by atoms with E-state index in [0.29, 0.717) is 18.2 Å². The molecule has 0 unspecified atom stereocenters. The van der Waals surface area contributed by atoms with Gasteiger partial charge in [0.15, 0.2) is 0 Å². The number of likely N-dealkylation sites (N-methyl/N-ethyl adjacent to an activating group) is 1. The lowest BCUT2D eigenvalue weighted by Crippen LogP contribution is -2.27. The van der Waals surface area contributed by atoms with E-state index < -0.39 is 11.9 Å². The van der Waals surface area contributed by atoms with Crippen LogP contribution in [0.4, 0.5) is 0 Å². The third-order valence-corrected chi connectivity index (χ3v) is 2.48. The van der Waals surface area contributed by atoms with E-state index >= 15 is 0 Å². The largest absolute Gasteiger partial charge is 0.479 e. The van der Waals surface area contributed by atoms with E-state index in [9.17, 15) is 9.59 Å². The van der Waals surface area contributed by atoms with Gasteiger partial charge in [-0.05, 0) is 6.92 Å². The molecule has 0 fully saturated rings. The highest BCUT2D eigenvalue weighted by atomic mass is 16.5. The van der Waals surface area contributed by atoms with Gasteiger partial charge in [0.2, 0.25) is 5.88 Å². The van der Waals surface area contributed by atoms with Crippen LogP contribution >= 0.6 is 0 Å². The number of hydrogen-bond donors (Lipinski definition) is 0. The molecule has 0 bridgehead atoms. The first-order valence-electron chi connectivity index (χ1n) is 6.40. The Hall–Kier alpha value is -2.18. The molecule has 0 heterocycles. The summed E-state index contributed by atoms with van der Waals surface area (Å²) in [5.74, 6) is -0.862. The summed E-state index contributed by atoms with van der Waals surface area (Å²) in [5.41, 5.74) is 0.491. The first kappa shape index (κ1) is 18.8. The topological polar surface area (TPSA) is 68.3 Å². The van der Waals surface area contributed by atoms with Crippen molar-refractivity contribution in [3.8, 4) is 0 Å². The monoisotopic (exact) mass is 300 g/mol. The maximum Gasteiger partial charge on any atom is 0.345 e. The molecule has 0 N–H and O–H groups in total. The average Bonchev–Trinajstić information content (AvgIpc) is 2.44. The van der Waals surface area contributed by atoms with Crippen molar-refractivity contribution in [1.82, 2.24) is 9.80 Å². The van der Waals surface area contributed by atoms with E-state index in [0.717, 1.165) is 0 Å². The van der Waals surface area contributed by atoms with Crippen molar-refractivity contribution in [2.45, 2.75) is 6.92 Å². The fourth-order valence-electron chi connectivity index (χ4n) is 1.56. The van der Waals surface area contributed by atoms with Gasteiger partial charge in [-0.3, -0.25) is 0 Å². The normalized spacial score (nSPS) is 12.2. The SMILES string of the molecule is CCO/C(=C(C(=O)OC)/C(=C\C(=O)OC)N(C)C)N(C)C. The molecule has 0 atom stereocenters. The van der Waals surface area contributed by atoms with Gasteiger partial charge in [0, 0.05) is 34.3 Å².